The molecule has 1 fully saturated rings. The lowest BCUT2D eigenvalue weighted by Crippen LogP contribution is -2.60. The van der Waals surface area contributed by atoms with Crippen LogP contribution in [0.15, 0.2) is 78.9 Å². The van der Waals surface area contributed by atoms with Gasteiger partial charge in [-0.3, -0.25) is 9.59 Å². The third kappa shape index (κ3) is 3.61. The van der Waals surface area contributed by atoms with Gasteiger partial charge < -0.3 is 5.11 Å². The molecule has 5 heteroatoms. The second-order valence-electron chi connectivity index (χ2n) is 7.92. The number of hydrogen-bond donors (Lipinski definition) is 1. The van der Waals surface area contributed by atoms with Crippen molar-refractivity contribution in [2.45, 2.75) is 31.5 Å². The van der Waals surface area contributed by atoms with E-state index >= 15 is 0 Å². The van der Waals surface area contributed by atoms with E-state index < -0.39 is 11.2 Å². The van der Waals surface area contributed by atoms with Gasteiger partial charge in [0.05, 0.1) is 6.61 Å². The highest BCUT2D eigenvalue weighted by atomic mass is 17.2. The van der Waals surface area contributed by atoms with Gasteiger partial charge in [-0.05, 0) is 43.0 Å². The SMILES string of the molecule is CC(=O)c1ccc(C2(C(=O)c3ccccc3)CCOOC2(C)O)c(-c2ccccc2)c1. The topological polar surface area (TPSA) is 72.8 Å². The molecule has 1 N–H and O–H groups in total. The number of aliphatic hydroxyl groups is 1. The number of hydrogen-bond acceptors (Lipinski definition) is 5. The molecule has 1 aliphatic rings. The zero-order valence-corrected chi connectivity index (χ0v) is 17.5. The maximum atomic E-state index is 14.0. The van der Waals surface area contributed by atoms with Crippen molar-refractivity contribution < 1.29 is 24.5 Å². The number of carbonyl (C=O) groups is 2. The minimum Gasteiger partial charge on any atom is -0.362 e. The summed E-state index contributed by atoms with van der Waals surface area (Å²) < 4.78 is 0. The van der Waals surface area contributed by atoms with E-state index in [-0.39, 0.29) is 24.6 Å². The fourth-order valence-corrected chi connectivity index (χ4v) is 4.31. The Labute approximate surface area is 181 Å². The molecule has 0 amide bonds. The van der Waals surface area contributed by atoms with E-state index in [0.29, 0.717) is 22.3 Å². The maximum absolute atomic E-state index is 14.0. The first kappa shape index (κ1) is 21.1. The van der Waals surface area contributed by atoms with Gasteiger partial charge in [0.2, 0.25) is 5.79 Å². The molecule has 4 rings (SSSR count). The van der Waals surface area contributed by atoms with Gasteiger partial charge in [-0.15, -0.1) is 0 Å². The van der Waals surface area contributed by atoms with Crippen LogP contribution in [0.25, 0.3) is 11.1 Å². The van der Waals surface area contributed by atoms with Gasteiger partial charge in [-0.1, -0.05) is 72.8 Å². The summed E-state index contributed by atoms with van der Waals surface area (Å²) in [4.78, 5) is 36.5. The second kappa shape index (κ2) is 8.19. The van der Waals surface area contributed by atoms with Crippen LogP contribution in [0.3, 0.4) is 0 Å². The molecule has 31 heavy (non-hydrogen) atoms. The summed E-state index contributed by atoms with van der Waals surface area (Å²) in [7, 11) is 0. The Bertz CT molecular complexity index is 1110. The molecule has 0 bridgehead atoms. The molecule has 1 saturated heterocycles. The first-order valence-electron chi connectivity index (χ1n) is 10.2. The molecule has 0 aromatic heterocycles. The van der Waals surface area contributed by atoms with Crippen molar-refractivity contribution in [3.8, 4) is 11.1 Å². The predicted octanol–water partition coefficient (Wildman–Crippen LogP) is 4.74. The van der Waals surface area contributed by atoms with Gasteiger partial charge in [-0.25, -0.2) is 9.78 Å². The van der Waals surface area contributed by atoms with Crippen LogP contribution in [-0.4, -0.2) is 29.1 Å². The van der Waals surface area contributed by atoms with Crippen LogP contribution >= 0.6 is 0 Å². The summed E-state index contributed by atoms with van der Waals surface area (Å²) in [6, 6.07) is 23.6. The van der Waals surface area contributed by atoms with Gasteiger partial charge in [0, 0.05) is 11.1 Å². The Kier molecular flexibility index (Phi) is 5.58. The standard InChI is InChI=1S/C26H24O5/c1-18(27)21-13-14-23(22(17-21)19-9-5-3-6-10-19)26(15-16-30-31-25(26,2)29)24(28)20-11-7-4-8-12-20/h3-14,17,29H,15-16H2,1-2H3. The fourth-order valence-electron chi connectivity index (χ4n) is 4.31. The average Bonchev–Trinajstić information content (AvgIpc) is 2.79. The summed E-state index contributed by atoms with van der Waals surface area (Å²) >= 11 is 0. The fraction of sp³-hybridized carbons (Fsp3) is 0.231. The molecule has 2 atom stereocenters. The minimum absolute atomic E-state index is 0.0813. The number of benzene rings is 3. The van der Waals surface area contributed by atoms with E-state index in [4.69, 9.17) is 9.78 Å². The molecule has 1 heterocycles. The van der Waals surface area contributed by atoms with E-state index in [1.807, 2.05) is 36.4 Å². The lowest BCUT2D eigenvalue weighted by Gasteiger charge is -2.46. The number of Topliss-reactive ketones (excluding diaryl/α,β-unsaturated/α-hetero) is 2. The molecule has 1 aliphatic heterocycles. The van der Waals surface area contributed by atoms with Crippen LogP contribution in [0.2, 0.25) is 0 Å². The van der Waals surface area contributed by atoms with Crippen LogP contribution in [0.4, 0.5) is 0 Å². The Balaban J connectivity index is 2.03. The molecular formula is C26H24O5. The smallest absolute Gasteiger partial charge is 0.213 e. The third-order valence-electron chi connectivity index (χ3n) is 5.97. The maximum Gasteiger partial charge on any atom is 0.213 e. The zero-order valence-electron chi connectivity index (χ0n) is 17.5. The van der Waals surface area contributed by atoms with Crippen molar-refractivity contribution in [2.75, 3.05) is 6.61 Å². The first-order chi connectivity index (χ1) is 14.9. The van der Waals surface area contributed by atoms with Crippen molar-refractivity contribution >= 4 is 11.6 Å². The van der Waals surface area contributed by atoms with Crippen LogP contribution in [0.1, 0.15) is 46.5 Å². The molecule has 158 valence electrons. The van der Waals surface area contributed by atoms with Crippen LogP contribution in [0.5, 0.6) is 0 Å². The summed E-state index contributed by atoms with van der Waals surface area (Å²) in [6.07, 6.45) is 0.215. The molecule has 3 aromatic carbocycles. The van der Waals surface area contributed by atoms with Crippen molar-refractivity contribution in [1.82, 2.24) is 0 Å². The lowest BCUT2D eigenvalue weighted by atomic mass is 9.64. The lowest BCUT2D eigenvalue weighted by molar-refractivity contribution is -0.450. The van der Waals surface area contributed by atoms with E-state index in [9.17, 15) is 14.7 Å². The first-order valence-corrected chi connectivity index (χ1v) is 10.2. The van der Waals surface area contributed by atoms with Gasteiger partial charge in [-0.2, -0.15) is 0 Å². The second-order valence-corrected chi connectivity index (χ2v) is 7.92. The van der Waals surface area contributed by atoms with Crippen molar-refractivity contribution in [3.05, 3.63) is 95.6 Å². The molecule has 5 nitrogen and oxygen atoms in total. The largest absolute Gasteiger partial charge is 0.362 e. The highest BCUT2D eigenvalue weighted by Gasteiger charge is 2.59. The normalized spacial score (nSPS) is 23.3. The summed E-state index contributed by atoms with van der Waals surface area (Å²) in [5.41, 5.74) is 1.67. The summed E-state index contributed by atoms with van der Waals surface area (Å²) in [6.45, 7) is 3.08. The zero-order chi connectivity index (χ0) is 22.1. The highest BCUT2D eigenvalue weighted by Crippen LogP contribution is 2.48. The number of rotatable bonds is 5. The summed E-state index contributed by atoms with van der Waals surface area (Å²) in [5.74, 6) is -2.28. The van der Waals surface area contributed by atoms with Crippen molar-refractivity contribution in [1.29, 1.82) is 0 Å². The van der Waals surface area contributed by atoms with Crippen molar-refractivity contribution in [2.24, 2.45) is 0 Å². The third-order valence-corrected chi connectivity index (χ3v) is 5.97. The molecular weight excluding hydrogens is 392 g/mol. The van der Waals surface area contributed by atoms with Gasteiger partial charge in [0.1, 0.15) is 5.41 Å². The Morgan fingerprint density at radius 2 is 1.55 bits per heavy atom. The molecule has 2 unspecified atom stereocenters. The Hall–Kier alpha value is -3.12. The molecule has 0 saturated carbocycles. The molecule has 0 radical (unpaired) electrons. The summed E-state index contributed by atoms with van der Waals surface area (Å²) in [5, 5.41) is 11.4. The Morgan fingerprint density at radius 3 is 2.16 bits per heavy atom. The van der Waals surface area contributed by atoms with Crippen LogP contribution in [0, 0.1) is 0 Å². The van der Waals surface area contributed by atoms with E-state index in [1.165, 1.54) is 13.8 Å². The molecule has 3 aromatic rings. The average molecular weight is 416 g/mol. The predicted molar refractivity (Wildman–Crippen MR) is 117 cm³/mol. The van der Waals surface area contributed by atoms with Gasteiger partial charge >= 0.3 is 0 Å². The van der Waals surface area contributed by atoms with Gasteiger partial charge in [0.25, 0.3) is 0 Å². The minimum atomic E-state index is -1.93. The van der Waals surface area contributed by atoms with E-state index in [1.54, 1.807) is 42.5 Å². The quantitative estimate of drug-likeness (QED) is 0.481. The van der Waals surface area contributed by atoms with Gasteiger partial charge in [0.15, 0.2) is 11.6 Å². The highest BCUT2D eigenvalue weighted by molar-refractivity contribution is 6.06. The van der Waals surface area contributed by atoms with E-state index in [0.717, 1.165) is 5.56 Å². The van der Waals surface area contributed by atoms with Crippen LogP contribution in [-0.2, 0) is 15.2 Å². The number of ketones is 2. The Morgan fingerprint density at radius 1 is 0.903 bits per heavy atom. The number of carbonyl (C=O) groups excluding carboxylic acids is 2. The monoisotopic (exact) mass is 416 g/mol. The van der Waals surface area contributed by atoms with Crippen LogP contribution < -0.4 is 0 Å². The molecule has 0 aliphatic carbocycles. The van der Waals surface area contributed by atoms with Crippen molar-refractivity contribution in [3.63, 3.8) is 0 Å². The van der Waals surface area contributed by atoms with E-state index in [2.05, 4.69) is 0 Å². The molecule has 0 spiro atoms.